The monoisotopic (exact) mass is 373 g/mol. The van der Waals surface area contributed by atoms with Crippen LogP contribution >= 0.6 is 11.3 Å². The van der Waals surface area contributed by atoms with E-state index in [0.29, 0.717) is 30.0 Å². The zero-order chi connectivity index (χ0) is 18.3. The average Bonchev–Trinajstić information content (AvgIpc) is 3.20. The summed E-state index contributed by atoms with van der Waals surface area (Å²) in [4.78, 5) is 31.8. The van der Waals surface area contributed by atoms with Crippen LogP contribution in [0.4, 0.5) is 5.69 Å². The SMILES string of the molecule is Nc1c(C(=O)N2CCC[C@H]2C(=O)O)sc2nc3c(cc12)CCCCCC3. The number of aryl methyl sites for hydroxylation is 2. The number of pyridine rings is 1. The summed E-state index contributed by atoms with van der Waals surface area (Å²) in [7, 11) is 0. The number of carbonyl (C=O) groups is 2. The van der Waals surface area contributed by atoms with Crippen molar-refractivity contribution in [1.29, 1.82) is 0 Å². The van der Waals surface area contributed by atoms with E-state index in [-0.39, 0.29) is 5.91 Å². The van der Waals surface area contributed by atoms with Gasteiger partial charge in [-0.2, -0.15) is 0 Å². The molecule has 1 fully saturated rings. The summed E-state index contributed by atoms with van der Waals surface area (Å²) in [5.74, 6) is -1.22. The highest BCUT2D eigenvalue weighted by Gasteiger charge is 2.36. The van der Waals surface area contributed by atoms with Crippen LogP contribution in [0.25, 0.3) is 10.2 Å². The first-order valence-corrected chi connectivity index (χ1v) is 10.1. The normalized spacial score (nSPS) is 20.6. The molecule has 0 spiro atoms. The first-order valence-electron chi connectivity index (χ1n) is 9.31. The molecular formula is C19H23N3O3S. The fraction of sp³-hybridized carbons (Fsp3) is 0.526. The van der Waals surface area contributed by atoms with Gasteiger partial charge in [0.15, 0.2) is 0 Å². The maximum atomic E-state index is 12.9. The van der Waals surface area contributed by atoms with Gasteiger partial charge in [0, 0.05) is 17.6 Å². The van der Waals surface area contributed by atoms with E-state index in [2.05, 4.69) is 6.07 Å². The predicted molar refractivity (Wildman–Crippen MR) is 102 cm³/mol. The second kappa shape index (κ2) is 6.87. The fourth-order valence-corrected chi connectivity index (χ4v) is 5.12. The van der Waals surface area contributed by atoms with Crippen molar-refractivity contribution in [2.45, 2.75) is 57.4 Å². The minimum absolute atomic E-state index is 0.275. The number of rotatable bonds is 2. The molecule has 1 atom stereocenters. The number of likely N-dealkylation sites (tertiary alicyclic amines) is 1. The summed E-state index contributed by atoms with van der Waals surface area (Å²) in [6.07, 6.45) is 7.96. The van der Waals surface area contributed by atoms with Crippen molar-refractivity contribution in [2.75, 3.05) is 12.3 Å². The predicted octanol–water partition coefficient (Wildman–Crippen LogP) is 3.23. The third-order valence-electron chi connectivity index (χ3n) is 5.49. The number of carboxylic acid groups (broad SMARTS) is 1. The molecule has 0 saturated carbocycles. The molecule has 1 aliphatic carbocycles. The number of thiophene rings is 1. The number of aromatic nitrogens is 1. The Balaban J connectivity index is 1.73. The Bertz CT molecular complexity index is 877. The number of carbonyl (C=O) groups excluding carboxylic acids is 1. The van der Waals surface area contributed by atoms with Crippen molar-refractivity contribution in [3.8, 4) is 0 Å². The van der Waals surface area contributed by atoms with Crippen LogP contribution in [-0.2, 0) is 17.6 Å². The van der Waals surface area contributed by atoms with Crippen molar-refractivity contribution in [1.82, 2.24) is 9.88 Å². The van der Waals surface area contributed by atoms with Gasteiger partial charge in [0.2, 0.25) is 0 Å². The van der Waals surface area contributed by atoms with E-state index in [1.165, 1.54) is 34.6 Å². The van der Waals surface area contributed by atoms with Gasteiger partial charge in [-0.3, -0.25) is 4.79 Å². The number of anilines is 1. The highest BCUT2D eigenvalue weighted by molar-refractivity contribution is 7.21. The number of nitrogens with zero attached hydrogens (tertiary/aromatic N) is 2. The van der Waals surface area contributed by atoms with Gasteiger partial charge in [0.05, 0.1) is 5.69 Å². The van der Waals surface area contributed by atoms with Gasteiger partial charge >= 0.3 is 5.97 Å². The molecule has 7 heteroatoms. The first-order chi connectivity index (χ1) is 12.6. The van der Waals surface area contributed by atoms with Crippen molar-refractivity contribution < 1.29 is 14.7 Å². The number of hydrogen-bond acceptors (Lipinski definition) is 5. The Morgan fingerprint density at radius 1 is 1.19 bits per heavy atom. The second-order valence-electron chi connectivity index (χ2n) is 7.20. The van der Waals surface area contributed by atoms with Crippen LogP contribution < -0.4 is 5.73 Å². The lowest BCUT2D eigenvalue weighted by Gasteiger charge is -2.20. The van der Waals surface area contributed by atoms with Crippen LogP contribution in [0.2, 0.25) is 0 Å². The smallest absolute Gasteiger partial charge is 0.326 e. The van der Waals surface area contributed by atoms with E-state index in [9.17, 15) is 14.7 Å². The number of nitrogen functional groups attached to an aromatic ring is 1. The summed E-state index contributed by atoms with van der Waals surface area (Å²) in [5.41, 5.74) is 9.12. The number of fused-ring (bicyclic) bond motifs is 2. The molecule has 6 nitrogen and oxygen atoms in total. The van der Waals surface area contributed by atoms with Crippen LogP contribution in [0.1, 0.15) is 59.5 Å². The molecule has 1 amide bonds. The quantitative estimate of drug-likeness (QED) is 0.842. The number of aliphatic carboxylic acids is 1. The Kier molecular flexibility index (Phi) is 4.56. The lowest BCUT2D eigenvalue weighted by atomic mass is 9.96. The molecule has 1 aliphatic heterocycles. The Morgan fingerprint density at radius 2 is 1.96 bits per heavy atom. The second-order valence-corrected chi connectivity index (χ2v) is 8.20. The van der Waals surface area contributed by atoms with E-state index >= 15 is 0 Å². The molecule has 2 aromatic rings. The molecule has 2 aromatic heterocycles. The van der Waals surface area contributed by atoms with Gasteiger partial charge in [-0.1, -0.05) is 12.8 Å². The van der Waals surface area contributed by atoms with Crippen LogP contribution in [0.15, 0.2) is 6.07 Å². The van der Waals surface area contributed by atoms with Crippen molar-refractivity contribution in [3.63, 3.8) is 0 Å². The molecule has 4 rings (SSSR count). The summed E-state index contributed by atoms with van der Waals surface area (Å²) in [6.45, 7) is 0.466. The van der Waals surface area contributed by atoms with Gasteiger partial charge in [-0.15, -0.1) is 11.3 Å². The molecule has 0 radical (unpaired) electrons. The lowest BCUT2D eigenvalue weighted by molar-refractivity contribution is -0.141. The summed E-state index contributed by atoms with van der Waals surface area (Å²) >= 11 is 1.30. The molecule has 0 unspecified atom stereocenters. The van der Waals surface area contributed by atoms with Gasteiger partial charge in [-0.25, -0.2) is 9.78 Å². The number of amides is 1. The van der Waals surface area contributed by atoms with Crippen molar-refractivity contribution in [3.05, 3.63) is 22.2 Å². The third kappa shape index (κ3) is 2.94. The summed E-state index contributed by atoms with van der Waals surface area (Å²) < 4.78 is 0. The zero-order valence-electron chi connectivity index (χ0n) is 14.7. The van der Waals surface area contributed by atoms with Gasteiger partial charge < -0.3 is 15.7 Å². The van der Waals surface area contributed by atoms with Crippen molar-refractivity contribution in [2.24, 2.45) is 0 Å². The Morgan fingerprint density at radius 3 is 2.73 bits per heavy atom. The molecule has 0 aromatic carbocycles. The molecule has 3 heterocycles. The molecule has 26 heavy (non-hydrogen) atoms. The summed E-state index contributed by atoms with van der Waals surface area (Å²) in [5, 5.41) is 10.2. The Hall–Kier alpha value is -2.15. The van der Waals surface area contributed by atoms with Crippen LogP contribution in [-0.4, -0.2) is 39.5 Å². The summed E-state index contributed by atoms with van der Waals surface area (Å²) in [6, 6.07) is 1.35. The maximum absolute atomic E-state index is 12.9. The topological polar surface area (TPSA) is 96.5 Å². The Labute approximate surface area is 156 Å². The molecule has 2 aliphatic rings. The van der Waals surface area contributed by atoms with Crippen molar-refractivity contribution >= 4 is 39.1 Å². The van der Waals surface area contributed by atoms with Crippen LogP contribution in [0.5, 0.6) is 0 Å². The number of hydrogen-bond donors (Lipinski definition) is 2. The first kappa shape index (κ1) is 17.3. The maximum Gasteiger partial charge on any atom is 0.326 e. The molecule has 1 saturated heterocycles. The van der Waals surface area contributed by atoms with Gasteiger partial charge in [0.1, 0.15) is 15.7 Å². The van der Waals surface area contributed by atoms with E-state index in [4.69, 9.17) is 10.7 Å². The third-order valence-corrected chi connectivity index (χ3v) is 6.60. The van der Waals surface area contributed by atoms with E-state index in [1.54, 1.807) is 0 Å². The molecule has 138 valence electrons. The number of nitrogens with two attached hydrogens (primary N) is 1. The minimum Gasteiger partial charge on any atom is -0.480 e. The van der Waals surface area contributed by atoms with E-state index in [1.807, 2.05) is 0 Å². The standard InChI is InChI=1S/C19H23N3O3S/c20-15-12-10-11-6-3-1-2-4-7-13(11)21-17(12)26-16(15)18(23)22-9-5-8-14(22)19(24)25/h10,14H,1-9,20H2,(H,24,25)/t14-/m0/s1. The molecule has 3 N–H and O–H groups in total. The largest absolute Gasteiger partial charge is 0.480 e. The van der Waals surface area contributed by atoms with E-state index in [0.717, 1.165) is 41.6 Å². The number of carboxylic acids is 1. The van der Waals surface area contributed by atoms with Gasteiger partial charge in [0.25, 0.3) is 5.91 Å². The molecular weight excluding hydrogens is 350 g/mol. The highest BCUT2D eigenvalue weighted by Crippen LogP contribution is 2.36. The van der Waals surface area contributed by atoms with E-state index < -0.39 is 12.0 Å². The zero-order valence-corrected chi connectivity index (χ0v) is 15.5. The van der Waals surface area contributed by atoms with Gasteiger partial charge in [-0.05, 0) is 50.2 Å². The fourth-order valence-electron chi connectivity index (χ4n) is 4.07. The molecule has 0 bridgehead atoms. The highest BCUT2D eigenvalue weighted by atomic mass is 32.1. The lowest BCUT2D eigenvalue weighted by Crippen LogP contribution is -2.40. The minimum atomic E-state index is -0.948. The van der Waals surface area contributed by atoms with Crippen LogP contribution in [0, 0.1) is 0 Å². The average molecular weight is 373 g/mol. The van der Waals surface area contributed by atoms with Crippen LogP contribution in [0.3, 0.4) is 0 Å².